The van der Waals surface area contributed by atoms with Crippen LogP contribution in [0, 0.1) is 6.92 Å². The molecule has 2 aromatic rings. The highest BCUT2D eigenvalue weighted by Crippen LogP contribution is 2.32. The van der Waals surface area contributed by atoms with Gasteiger partial charge in [-0.2, -0.15) is 5.10 Å². The molecule has 5 nitrogen and oxygen atoms in total. The van der Waals surface area contributed by atoms with Crippen LogP contribution in [-0.2, 0) is 0 Å². The Morgan fingerprint density at radius 1 is 1.41 bits per heavy atom. The molecule has 5 heteroatoms. The summed E-state index contributed by atoms with van der Waals surface area (Å²) in [4.78, 5) is 0. The van der Waals surface area contributed by atoms with E-state index in [0.29, 0.717) is 22.7 Å². The van der Waals surface area contributed by atoms with Gasteiger partial charge in [-0.25, -0.2) is 0 Å². The number of hydrogen-bond donors (Lipinski definition) is 3. The quantitative estimate of drug-likeness (QED) is 0.748. The van der Waals surface area contributed by atoms with Crippen LogP contribution >= 0.6 is 0 Å². The number of nitrogens with zero attached hydrogens (tertiary/aromatic N) is 1. The third-order valence-electron chi connectivity index (χ3n) is 2.67. The summed E-state index contributed by atoms with van der Waals surface area (Å²) in [6.45, 7) is 1.95. The van der Waals surface area contributed by atoms with Crippen LogP contribution in [0.5, 0.6) is 5.75 Å². The maximum atomic E-state index is 10.3. The highest BCUT2D eigenvalue weighted by Gasteiger charge is 2.19. The zero-order chi connectivity index (χ0) is 12.4. The maximum Gasteiger partial charge on any atom is 0.125 e. The molecule has 0 bridgehead atoms. The lowest BCUT2D eigenvalue weighted by molar-refractivity contribution is 0.215. The van der Waals surface area contributed by atoms with Crippen molar-refractivity contribution in [2.45, 2.75) is 13.0 Å². The first kappa shape index (κ1) is 11.5. The van der Waals surface area contributed by atoms with Gasteiger partial charge in [-0.3, -0.25) is 5.10 Å². The van der Waals surface area contributed by atoms with E-state index in [9.17, 15) is 5.11 Å². The highest BCUT2D eigenvalue weighted by molar-refractivity contribution is 5.48. The molecule has 17 heavy (non-hydrogen) atoms. The molecule has 0 amide bonds. The number of aliphatic hydroxyl groups is 1. The van der Waals surface area contributed by atoms with Crippen LogP contribution in [0.3, 0.4) is 0 Å². The summed E-state index contributed by atoms with van der Waals surface area (Å²) < 4.78 is 5.23. The Bertz CT molecular complexity index is 522. The van der Waals surface area contributed by atoms with Gasteiger partial charge in [0.1, 0.15) is 17.7 Å². The monoisotopic (exact) mass is 233 g/mol. The van der Waals surface area contributed by atoms with E-state index in [4.69, 9.17) is 10.5 Å². The van der Waals surface area contributed by atoms with E-state index in [0.717, 1.165) is 5.56 Å². The Morgan fingerprint density at radius 3 is 2.76 bits per heavy atom. The van der Waals surface area contributed by atoms with Gasteiger partial charge in [-0.1, -0.05) is 11.6 Å². The van der Waals surface area contributed by atoms with E-state index < -0.39 is 6.10 Å². The van der Waals surface area contributed by atoms with Crippen LogP contribution in [0.2, 0.25) is 0 Å². The fourth-order valence-corrected chi connectivity index (χ4v) is 1.76. The van der Waals surface area contributed by atoms with Gasteiger partial charge in [-0.15, -0.1) is 0 Å². The average Bonchev–Trinajstić information content (AvgIpc) is 2.74. The zero-order valence-electron chi connectivity index (χ0n) is 9.77. The number of methoxy groups -OCH3 is 1. The molecule has 0 spiro atoms. The lowest BCUT2D eigenvalue weighted by Gasteiger charge is -2.14. The van der Waals surface area contributed by atoms with Crippen molar-refractivity contribution in [3.8, 4) is 5.75 Å². The second-order valence-corrected chi connectivity index (χ2v) is 3.89. The molecule has 90 valence electrons. The second-order valence-electron chi connectivity index (χ2n) is 3.89. The molecular formula is C12H15N3O2. The molecule has 1 aromatic carbocycles. The first-order chi connectivity index (χ1) is 8.13. The van der Waals surface area contributed by atoms with E-state index in [1.807, 2.05) is 25.1 Å². The Hall–Kier alpha value is -2.01. The van der Waals surface area contributed by atoms with Crippen LogP contribution in [0.1, 0.15) is 22.8 Å². The Balaban J connectivity index is 2.46. The molecule has 0 saturated heterocycles. The predicted molar refractivity (Wildman–Crippen MR) is 64.8 cm³/mol. The van der Waals surface area contributed by atoms with Crippen LogP contribution in [0.25, 0.3) is 0 Å². The standard InChI is InChI=1S/C12H15N3O2/c1-7-3-4-10(17-2)8(5-7)11(16)9-6-14-15-12(9)13/h3-6,11,16H,1-2H3,(H3,13,14,15). The number of nitrogens with two attached hydrogens (primary N) is 1. The number of ether oxygens (including phenoxy) is 1. The number of anilines is 1. The summed E-state index contributed by atoms with van der Waals surface area (Å²) in [5, 5.41) is 16.7. The summed E-state index contributed by atoms with van der Waals surface area (Å²) in [5.41, 5.74) is 7.96. The number of benzene rings is 1. The third kappa shape index (κ3) is 2.09. The van der Waals surface area contributed by atoms with Gasteiger partial charge < -0.3 is 15.6 Å². The van der Waals surface area contributed by atoms with Crippen molar-refractivity contribution in [2.75, 3.05) is 12.8 Å². The SMILES string of the molecule is COc1ccc(C)cc1C(O)c1cn[nH]c1N. The number of aromatic amines is 1. The summed E-state index contributed by atoms with van der Waals surface area (Å²) in [7, 11) is 1.57. The Labute approximate surface area is 99.2 Å². The minimum absolute atomic E-state index is 0.362. The minimum Gasteiger partial charge on any atom is -0.496 e. The smallest absolute Gasteiger partial charge is 0.125 e. The van der Waals surface area contributed by atoms with Crippen LogP contribution in [-0.4, -0.2) is 22.4 Å². The average molecular weight is 233 g/mol. The summed E-state index contributed by atoms with van der Waals surface area (Å²) in [6.07, 6.45) is 0.672. The molecular weight excluding hydrogens is 218 g/mol. The molecule has 1 aromatic heterocycles. The van der Waals surface area contributed by atoms with Crippen molar-refractivity contribution >= 4 is 5.82 Å². The van der Waals surface area contributed by atoms with Gasteiger partial charge in [0.25, 0.3) is 0 Å². The van der Waals surface area contributed by atoms with Gasteiger partial charge >= 0.3 is 0 Å². The molecule has 0 saturated carbocycles. The van der Waals surface area contributed by atoms with Crippen LogP contribution in [0.4, 0.5) is 5.82 Å². The van der Waals surface area contributed by atoms with E-state index in [1.165, 1.54) is 6.20 Å². The predicted octanol–water partition coefficient (Wildman–Crippen LogP) is 1.39. The summed E-state index contributed by atoms with van der Waals surface area (Å²) >= 11 is 0. The van der Waals surface area contributed by atoms with E-state index in [1.54, 1.807) is 7.11 Å². The number of aliphatic hydroxyl groups excluding tert-OH is 1. The molecule has 1 unspecified atom stereocenters. The molecule has 2 rings (SSSR count). The van der Waals surface area contributed by atoms with Crippen LogP contribution in [0.15, 0.2) is 24.4 Å². The van der Waals surface area contributed by atoms with Crippen molar-refractivity contribution in [3.05, 3.63) is 41.1 Å². The van der Waals surface area contributed by atoms with Crippen molar-refractivity contribution in [1.82, 2.24) is 10.2 Å². The third-order valence-corrected chi connectivity index (χ3v) is 2.67. The number of nitrogens with one attached hydrogen (secondary N) is 1. The molecule has 1 heterocycles. The van der Waals surface area contributed by atoms with E-state index in [-0.39, 0.29) is 0 Å². The van der Waals surface area contributed by atoms with Gasteiger partial charge in [0.15, 0.2) is 0 Å². The van der Waals surface area contributed by atoms with Crippen molar-refractivity contribution in [3.63, 3.8) is 0 Å². The molecule has 0 aliphatic carbocycles. The second kappa shape index (κ2) is 4.47. The number of aryl methyl sites for hydroxylation is 1. The first-order valence-electron chi connectivity index (χ1n) is 5.25. The lowest BCUT2D eigenvalue weighted by atomic mass is 10.0. The number of aromatic nitrogens is 2. The van der Waals surface area contributed by atoms with Gasteiger partial charge in [-0.05, 0) is 19.1 Å². The minimum atomic E-state index is -0.844. The molecule has 0 radical (unpaired) electrons. The number of H-pyrrole nitrogens is 1. The molecule has 0 fully saturated rings. The Kier molecular flexibility index (Phi) is 3.01. The zero-order valence-corrected chi connectivity index (χ0v) is 9.77. The summed E-state index contributed by atoms with van der Waals surface area (Å²) in [6, 6.07) is 5.62. The van der Waals surface area contributed by atoms with E-state index >= 15 is 0 Å². The fourth-order valence-electron chi connectivity index (χ4n) is 1.76. The number of hydrogen-bond acceptors (Lipinski definition) is 4. The largest absolute Gasteiger partial charge is 0.496 e. The van der Waals surface area contributed by atoms with Gasteiger partial charge in [0.2, 0.25) is 0 Å². The van der Waals surface area contributed by atoms with Crippen LogP contribution < -0.4 is 10.5 Å². The molecule has 4 N–H and O–H groups in total. The number of rotatable bonds is 3. The maximum absolute atomic E-state index is 10.3. The summed E-state index contributed by atoms with van der Waals surface area (Å²) in [5.74, 6) is 0.991. The van der Waals surface area contributed by atoms with Crippen molar-refractivity contribution in [2.24, 2.45) is 0 Å². The topological polar surface area (TPSA) is 84.2 Å². The molecule has 0 aliphatic rings. The van der Waals surface area contributed by atoms with Gasteiger partial charge in [0.05, 0.1) is 13.3 Å². The van der Waals surface area contributed by atoms with Crippen molar-refractivity contribution < 1.29 is 9.84 Å². The lowest BCUT2D eigenvalue weighted by Crippen LogP contribution is -2.04. The first-order valence-corrected chi connectivity index (χ1v) is 5.25. The molecule has 0 aliphatic heterocycles. The normalized spacial score (nSPS) is 12.4. The Morgan fingerprint density at radius 2 is 2.18 bits per heavy atom. The van der Waals surface area contributed by atoms with Crippen molar-refractivity contribution in [1.29, 1.82) is 0 Å². The highest BCUT2D eigenvalue weighted by atomic mass is 16.5. The fraction of sp³-hybridized carbons (Fsp3) is 0.250. The molecule has 1 atom stereocenters. The van der Waals surface area contributed by atoms with E-state index in [2.05, 4.69) is 10.2 Å². The number of nitrogen functional groups attached to an aromatic ring is 1. The van der Waals surface area contributed by atoms with Gasteiger partial charge in [0, 0.05) is 11.1 Å².